The Morgan fingerprint density at radius 2 is 1.89 bits per heavy atom. The van der Waals surface area contributed by atoms with Crippen LogP contribution in [0.4, 0.5) is 10.5 Å². The topological polar surface area (TPSA) is 69.6 Å². The maximum Gasteiger partial charge on any atom is 0.337 e. The number of hydrogen-bond acceptors (Lipinski definition) is 3. The fourth-order valence-corrected chi connectivity index (χ4v) is 2.64. The summed E-state index contributed by atoms with van der Waals surface area (Å²) in [4.78, 5) is 24.7. The molecule has 96 valence electrons. The molecule has 1 saturated heterocycles. The van der Waals surface area contributed by atoms with Gasteiger partial charge in [0.15, 0.2) is 0 Å². The summed E-state index contributed by atoms with van der Waals surface area (Å²) in [5, 5.41) is 11.7. The first-order chi connectivity index (χ1) is 8.68. The number of amides is 2. The van der Waals surface area contributed by atoms with Crippen LogP contribution >= 0.6 is 11.8 Å². The Hall–Kier alpha value is -1.69. The number of nitrogens with one attached hydrogen (secondary N) is 1. The number of hydrogen-bond donors (Lipinski definition) is 2. The highest BCUT2D eigenvalue weighted by Gasteiger charge is 2.18. The Labute approximate surface area is 109 Å². The van der Waals surface area contributed by atoms with E-state index < -0.39 is 5.97 Å². The molecule has 0 spiro atoms. The molecule has 2 amide bonds. The van der Waals surface area contributed by atoms with Crippen LogP contribution in [0, 0.1) is 0 Å². The van der Waals surface area contributed by atoms with Crippen LogP contribution in [0.3, 0.4) is 0 Å². The molecule has 0 aliphatic carbocycles. The van der Waals surface area contributed by atoms with Gasteiger partial charge < -0.3 is 15.3 Å². The molecule has 0 bridgehead atoms. The quantitative estimate of drug-likeness (QED) is 0.858. The Balaban J connectivity index is 2.08. The van der Waals surface area contributed by atoms with E-state index in [1.54, 1.807) is 23.1 Å². The van der Waals surface area contributed by atoms with Crippen molar-refractivity contribution in [2.24, 2.45) is 0 Å². The smallest absolute Gasteiger partial charge is 0.337 e. The van der Waals surface area contributed by atoms with E-state index in [0.29, 0.717) is 18.8 Å². The number of benzene rings is 1. The molecule has 1 aliphatic rings. The van der Waals surface area contributed by atoms with E-state index in [-0.39, 0.29) is 11.6 Å². The molecule has 6 heteroatoms. The molecule has 0 aromatic heterocycles. The molecular weight excluding hydrogens is 252 g/mol. The summed E-state index contributed by atoms with van der Waals surface area (Å²) in [7, 11) is 0. The van der Waals surface area contributed by atoms with Gasteiger partial charge in [0.2, 0.25) is 0 Å². The first kappa shape index (κ1) is 12.8. The molecule has 0 saturated carbocycles. The number of carbonyl (C=O) groups is 2. The average molecular weight is 266 g/mol. The molecule has 0 radical (unpaired) electrons. The number of carbonyl (C=O) groups excluding carboxylic acids is 1. The highest BCUT2D eigenvalue weighted by Crippen LogP contribution is 2.17. The molecule has 2 N–H and O–H groups in total. The predicted octanol–water partition coefficient (Wildman–Crippen LogP) is 1.97. The summed E-state index contributed by atoms with van der Waals surface area (Å²) in [6.07, 6.45) is 0. The highest BCUT2D eigenvalue weighted by molar-refractivity contribution is 7.99. The maximum atomic E-state index is 12.0. The van der Waals surface area contributed by atoms with E-state index in [9.17, 15) is 9.59 Å². The zero-order valence-electron chi connectivity index (χ0n) is 9.76. The van der Waals surface area contributed by atoms with Gasteiger partial charge in [0.05, 0.1) is 11.3 Å². The molecule has 18 heavy (non-hydrogen) atoms. The van der Waals surface area contributed by atoms with Crippen molar-refractivity contribution >= 4 is 29.4 Å². The molecule has 0 atom stereocenters. The van der Waals surface area contributed by atoms with Gasteiger partial charge in [-0.15, -0.1) is 0 Å². The van der Waals surface area contributed by atoms with Crippen molar-refractivity contribution in [1.29, 1.82) is 0 Å². The molecule has 5 nitrogen and oxygen atoms in total. The van der Waals surface area contributed by atoms with Gasteiger partial charge in [0, 0.05) is 24.6 Å². The van der Waals surface area contributed by atoms with E-state index >= 15 is 0 Å². The number of urea groups is 1. The zero-order valence-corrected chi connectivity index (χ0v) is 10.6. The van der Waals surface area contributed by atoms with Crippen molar-refractivity contribution in [2.45, 2.75) is 0 Å². The third kappa shape index (κ3) is 2.95. The second-order valence-electron chi connectivity index (χ2n) is 3.88. The number of carboxylic acids is 1. The summed E-state index contributed by atoms with van der Waals surface area (Å²) >= 11 is 1.81. The lowest BCUT2D eigenvalue weighted by molar-refractivity contribution is 0.0698. The van der Waals surface area contributed by atoms with Crippen LogP contribution in [0.25, 0.3) is 0 Å². The Morgan fingerprint density at radius 1 is 1.22 bits per heavy atom. The van der Waals surface area contributed by atoms with Crippen LogP contribution < -0.4 is 5.32 Å². The van der Waals surface area contributed by atoms with Gasteiger partial charge in [-0.25, -0.2) is 9.59 Å². The van der Waals surface area contributed by atoms with Gasteiger partial charge >= 0.3 is 12.0 Å². The molecule has 1 heterocycles. The fraction of sp³-hybridized carbons (Fsp3) is 0.333. The van der Waals surface area contributed by atoms with Crippen molar-refractivity contribution < 1.29 is 14.7 Å². The second kappa shape index (κ2) is 5.77. The van der Waals surface area contributed by atoms with E-state index in [0.717, 1.165) is 11.5 Å². The summed E-state index contributed by atoms with van der Waals surface area (Å²) < 4.78 is 0. The number of carboxylic acid groups (broad SMARTS) is 1. The van der Waals surface area contributed by atoms with Crippen molar-refractivity contribution in [3.63, 3.8) is 0 Å². The van der Waals surface area contributed by atoms with Crippen molar-refractivity contribution in [3.05, 3.63) is 29.8 Å². The van der Waals surface area contributed by atoms with Crippen LogP contribution in [0.1, 0.15) is 10.4 Å². The number of rotatable bonds is 2. The normalized spacial score (nSPS) is 15.2. The Bertz CT molecular complexity index is 458. The fourth-order valence-electron chi connectivity index (χ4n) is 1.74. The van der Waals surface area contributed by atoms with E-state index in [1.807, 2.05) is 11.8 Å². The number of aromatic carboxylic acids is 1. The minimum absolute atomic E-state index is 0.109. The maximum absolute atomic E-state index is 12.0. The average Bonchev–Trinajstić information content (AvgIpc) is 2.40. The summed E-state index contributed by atoms with van der Waals surface area (Å²) in [5.41, 5.74) is 0.450. The molecule has 1 fully saturated rings. The largest absolute Gasteiger partial charge is 0.478 e. The second-order valence-corrected chi connectivity index (χ2v) is 5.11. The third-order valence-electron chi connectivity index (χ3n) is 2.70. The SMILES string of the molecule is O=C(O)c1ccccc1NC(=O)N1CCSCC1. The summed E-state index contributed by atoms with van der Waals surface area (Å²) in [6, 6.07) is 6.18. The van der Waals surface area contributed by atoms with Crippen LogP contribution in [0.2, 0.25) is 0 Å². The standard InChI is InChI=1S/C12H14N2O3S/c15-11(16)9-3-1-2-4-10(9)13-12(17)14-5-7-18-8-6-14/h1-4H,5-8H2,(H,13,17)(H,15,16). The lowest BCUT2D eigenvalue weighted by Gasteiger charge is -2.26. The Kier molecular flexibility index (Phi) is 4.09. The van der Waals surface area contributed by atoms with Crippen LogP contribution in [0.5, 0.6) is 0 Å². The minimum Gasteiger partial charge on any atom is -0.478 e. The van der Waals surface area contributed by atoms with E-state index in [2.05, 4.69) is 5.32 Å². The monoisotopic (exact) mass is 266 g/mol. The van der Waals surface area contributed by atoms with Gasteiger partial charge in [-0.3, -0.25) is 0 Å². The minimum atomic E-state index is -1.04. The summed E-state index contributed by atoms with van der Waals surface area (Å²) in [5.74, 6) is 0.808. The van der Waals surface area contributed by atoms with Gasteiger partial charge in [0.25, 0.3) is 0 Å². The number of para-hydroxylation sites is 1. The van der Waals surface area contributed by atoms with Crippen LogP contribution in [-0.4, -0.2) is 46.6 Å². The summed E-state index contributed by atoms with van der Waals surface area (Å²) in [6.45, 7) is 1.40. The number of anilines is 1. The number of nitrogens with zero attached hydrogens (tertiary/aromatic N) is 1. The number of thioether (sulfide) groups is 1. The van der Waals surface area contributed by atoms with Crippen LogP contribution in [-0.2, 0) is 0 Å². The zero-order chi connectivity index (χ0) is 13.0. The van der Waals surface area contributed by atoms with Gasteiger partial charge in [-0.05, 0) is 12.1 Å². The molecule has 2 rings (SSSR count). The molecular formula is C12H14N2O3S. The molecule has 1 aliphatic heterocycles. The first-order valence-electron chi connectivity index (χ1n) is 5.64. The van der Waals surface area contributed by atoms with E-state index in [4.69, 9.17) is 5.11 Å². The van der Waals surface area contributed by atoms with E-state index in [1.165, 1.54) is 6.07 Å². The third-order valence-corrected chi connectivity index (χ3v) is 3.64. The molecule has 1 aromatic rings. The van der Waals surface area contributed by atoms with Gasteiger partial charge in [-0.1, -0.05) is 12.1 Å². The lowest BCUT2D eigenvalue weighted by atomic mass is 10.2. The lowest BCUT2D eigenvalue weighted by Crippen LogP contribution is -2.40. The van der Waals surface area contributed by atoms with Gasteiger partial charge in [0.1, 0.15) is 0 Å². The van der Waals surface area contributed by atoms with Crippen molar-refractivity contribution in [2.75, 3.05) is 29.9 Å². The molecule has 0 unspecified atom stereocenters. The van der Waals surface area contributed by atoms with Crippen molar-refractivity contribution in [3.8, 4) is 0 Å². The van der Waals surface area contributed by atoms with Gasteiger partial charge in [-0.2, -0.15) is 11.8 Å². The Morgan fingerprint density at radius 3 is 2.56 bits per heavy atom. The first-order valence-corrected chi connectivity index (χ1v) is 6.80. The molecule has 1 aromatic carbocycles. The van der Waals surface area contributed by atoms with Crippen molar-refractivity contribution in [1.82, 2.24) is 4.90 Å². The highest BCUT2D eigenvalue weighted by atomic mass is 32.2. The predicted molar refractivity (Wildman–Crippen MR) is 71.3 cm³/mol. The van der Waals surface area contributed by atoms with Crippen LogP contribution in [0.15, 0.2) is 24.3 Å².